The summed E-state index contributed by atoms with van der Waals surface area (Å²) in [6.45, 7) is 0. The van der Waals surface area contributed by atoms with Crippen LogP contribution in [0.5, 0.6) is 0 Å². The molecule has 2 aromatic heterocycles. The summed E-state index contributed by atoms with van der Waals surface area (Å²) in [5, 5.41) is 8.01. The Morgan fingerprint density at radius 3 is 2.84 bits per heavy atom. The molecule has 94 valence electrons. The van der Waals surface area contributed by atoms with E-state index in [9.17, 15) is 4.79 Å². The van der Waals surface area contributed by atoms with Gasteiger partial charge in [0, 0.05) is 0 Å². The number of fused-ring (bicyclic) bond motifs is 1. The van der Waals surface area contributed by atoms with Crippen molar-refractivity contribution < 1.29 is 0 Å². The minimum absolute atomic E-state index is 0.155. The number of nitrogen functional groups attached to an aromatic ring is 1. The number of aromatic nitrogens is 4. The van der Waals surface area contributed by atoms with Crippen LogP contribution >= 0.6 is 11.6 Å². The smallest absolute Gasteiger partial charge is 0.259 e. The van der Waals surface area contributed by atoms with Crippen molar-refractivity contribution >= 4 is 28.3 Å². The van der Waals surface area contributed by atoms with Crippen molar-refractivity contribution in [2.24, 2.45) is 0 Å². The van der Waals surface area contributed by atoms with Crippen LogP contribution in [-0.2, 0) is 0 Å². The van der Waals surface area contributed by atoms with E-state index < -0.39 is 0 Å². The number of halogens is 1. The second-order valence-electron chi connectivity index (χ2n) is 3.90. The van der Waals surface area contributed by atoms with Crippen LogP contribution in [-0.4, -0.2) is 20.2 Å². The predicted molar refractivity (Wildman–Crippen MR) is 72.8 cm³/mol. The highest BCUT2D eigenvalue weighted by Gasteiger charge is 2.10. The Balaban J connectivity index is 2.31. The van der Waals surface area contributed by atoms with Crippen LogP contribution in [0.1, 0.15) is 0 Å². The molecule has 0 saturated heterocycles. The minimum atomic E-state index is -0.243. The second kappa shape index (κ2) is 4.33. The van der Waals surface area contributed by atoms with Gasteiger partial charge in [-0.05, 0) is 18.2 Å². The van der Waals surface area contributed by atoms with Gasteiger partial charge < -0.3 is 10.7 Å². The van der Waals surface area contributed by atoms with Crippen molar-refractivity contribution in [3.63, 3.8) is 0 Å². The first-order chi connectivity index (χ1) is 9.15. The molecule has 0 aliphatic heterocycles. The van der Waals surface area contributed by atoms with Crippen LogP contribution in [0.2, 0.25) is 5.15 Å². The zero-order valence-electron chi connectivity index (χ0n) is 9.59. The highest BCUT2D eigenvalue weighted by Crippen LogP contribution is 2.22. The molecule has 0 amide bonds. The maximum atomic E-state index is 12.0. The Hall–Kier alpha value is -2.47. The fourth-order valence-electron chi connectivity index (χ4n) is 1.78. The van der Waals surface area contributed by atoms with Gasteiger partial charge in [-0.2, -0.15) is 0 Å². The van der Waals surface area contributed by atoms with Crippen molar-refractivity contribution in [3.8, 4) is 11.4 Å². The van der Waals surface area contributed by atoms with Gasteiger partial charge in [-0.3, -0.25) is 4.79 Å². The van der Waals surface area contributed by atoms with E-state index in [1.54, 1.807) is 24.3 Å². The number of aromatic amines is 1. The van der Waals surface area contributed by atoms with Crippen LogP contribution in [0, 0.1) is 0 Å². The topological polar surface area (TPSA) is 97.5 Å². The lowest BCUT2D eigenvalue weighted by Gasteiger charge is -2.05. The fraction of sp³-hybridized carbons (Fsp3) is 0. The molecule has 0 unspecified atom stereocenters. The third-order valence-corrected chi connectivity index (χ3v) is 2.85. The van der Waals surface area contributed by atoms with Gasteiger partial charge in [-0.15, -0.1) is 10.2 Å². The summed E-state index contributed by atoms with van der Waals surface area (Å²) in [4.78, 5) is 19.0. The van der Waals surface area contributed by atoms with E-state index in [0.29, 0.717) is 22.3 Å². The Kier molecular flexibility index (Phi) is 2.64. The van der Waals surface area contributed by atoms with E-state index in [1.165, 1.54) is 6.07 Å². The standard InChI is InChI=1S/C12H8ClN5O/c13-9-5-7(10(14)18-17-9)11-15-8-4-2-1-3-6(8)12(19)16-11/h1-5H,(H2,14,18)(H,15,16,19). The third-order valence-electron chi connectivity index (χ3n) is 2.66. The first kappa shape index (κ1) is 11.6. The van der Waals surface area contributed by atoms with Crippen molar-refractivity contribution in [2.75, 3.05) is 5.73 Å². The summed E-state index contributed by atoms with van der Waals surface area (Å²) in [5.41, 5.74) is 6.50. The van der Waals surface area contributed by atoms with Crippen LogP contribution < -0.4 is 11.3 Å². The summed E-state index contributed by atoms with van der Waals surface area (Å²) in [6, 6.07) is 8.54. The number of hydrogen-bond donors (Lipinski definition) is 2. The number of nitrogens with zero attached hydrogens (tertiary/aromatic N) is 3. The highest BCUT2D eigenvalue weighted by molar-refractivity contribution is 6.29. The summed E-state index contributed by atoms with van der Waals surface area (Å²) >= 11 is 5.78. The average molecular weight is 274 g/mol. The van der Waals surface area contributed by atoms with E-state index >= 15 is 0 Å². The number of anilines is 1. The molecular formula is C12H8ClN5O. The Morgan fingerprint density at radius 2 is 2.00 bits per heavy atom. The molecular weight excluding hydrogens is 266 g/mol. The molecule has 6 nitrogen and oxygen atoms in total. The van der Waals surface area contributed by atoms with Crippen LogP contribution in [0.25, 0.3) is 22.3 Å². The van der Waals surface area contributed by atoms with Crippen molar-refractivity contribution in [1.29, 1.82) is 0 Å². The van der Waals surface area contributed by atoms with Gasteiger partial charge in [0.15, 0.2) is 11.0 Å². The monoisotopic (exact) mass is 273 g/mol. The predicted octanol–water partition coefficient (Wildman–Crippen LogP) is 1.62. The van der Waals surface area contributed by atoms with Gasteiger partial charge in [-0.1, -0.05) is 23.7 Å². The third kappa shape index (κ3) is 2.02. The highest BCUT2D eigenvalue weighted by atomic mass is 35.5. The van der Waals surface area contributed by atoms with E-state index in [1.807, 2.05) is 0 Å². The summed E-state index contributed by atoms with van der Waals surface area (Å²) in [6.07, 6.45) is 0. The van der Waals surface area contributed by atoms with Gasteiger partial charge in [0.1, 0.15) is 5.82 Å². The number of H-pyrrole nitrogens is 1. The van der Waals surface area contributed by atoms with Gasteiger partial charge in [0.2, 0.25) is 0 Å². The molecule has 2 heterocycles. The zero-order chi connectivity index (χ0) is 13.4. The van der Waals surface area contributed by atoms with Gasteiger partial charge in [0.05, 0.1) is 16.5 Å². The number of benzene rings is 1. The minimum Gasteiger partial charge on any atom is -0.382 e. The molecule has 3 aromatic rings. The normalized spacial score (nSPS) is 10.8. The quantitative estimate of drug-likeness (QED) is 0.702. The molecule has 0 aliphatic rings. The molecule has 0 atom stereocenters. The molecule has 0 bridgehead atoms. The Morgan fingerprint density at radius 1 is 1.21 bits per heavy atom. The van der Waals surface area contributed by atoms with E-state index in [2.05, 4.69) is 20.2 Å². The maximum absolute atomic E-state index is 12.0. The Labute approximate surface area is 112 Å². The average Bonchev–Trinajstić information content (AvgIpc) is 2.41. The van der Waals surface area contributed by atoms with Gasteiger partial charge in [-0.25, -0.2) is 4.98 Å². The molecule has 0 radical (unpaired) electrons. The van der Waals surface area contributed by atoms with Crippen LogP contribution in [0.4, 0.5) is 5.82 Å². The van der Waals surface area contributed by atoms with Gasteiger partial charge >= 0.3 is 0 Å². The molecule has 0 saturated carbocycles. The number of nitrogens with two attached hydrogens (primary N) is 1. The first-order valence-corrected chi connectivity index (χ1v) is 5.81. The van der Waals surface area contributed by atoms with Gasteiger partial charge in [0.25, 0.3) is 5.56 Å². The SMILES string of the molecule is Nc1nnc(Cl)cc1-c1nc2ccccc2c(=O)[nH]1. The summed E-state index contributed by atoms with van der Waals surface area (Å²) in [5.74, 6) is 0.473. The number of para-hydroxylation sites is 1. The molecule has 1 aromatic carbocycles. The number of hydrogen-bond acceptors (Lipinski definition) is 5. The second-order valence-corrected chi connectivity index (χ2v) is 4.28. The van der Waals surface area contributed by atoms with E-state index in [0.717, 1.165) is 0 Å². The molecule has 7 heteroatoms. The van der Waals surface area contributed by atoms with Crippen LogP contribution in [0.3, 0.4) is 0 Å². The number of nitrogens with one attached hydrogen (secondary N) is 1. The lowest BCUT2D eigenvalue weighted by Crippen LogP contribution is -2.10. The summed E-state index contributed by atoms with van der Waals surface area (Å²) < 4.78 is 0. The molecule has 0 fully saturated rings. The largest absolute Gasteiger partial charge is 0.382 e. The van der Waals surface area contributed by atoms with Crippen molar-refractivity contribution in [3.05, 3.63) is 45.8 Å². The van der Waals surface area contributed by atoms with Crippen molar-refractivity contribution in [1.82, 2.24) is 20.2 Å². The molecule has 19 heavy (non-hydrogen) atoms. The maximum Gasteiger partial charge on any atom is 0.259 e. The fourth-order valence-corrected chi connectivity index (χ4v) is 1.93. The molecule has 3 N–H and O–H groups in total. The lowest BCUT2D eigenvalue weighted by molar-refractivity contribution is 1.04. The first-order valence-electron chi connectivity index (χ1n) is 5.43. The van der Waals surface area contributed by atoms with E-state index in [4.69, 9.17) is 17.3 Å². The van der Waals surface area contributed by atoms with Crippen LogP contribution in [0.15, 0.2) is 35.1 Å². The van der Waals surface area contributed by atoms with Crippen molar-refractivity contribution in [2.45, 2.75) is 0 Å². The lowest BCUT2D eigenvalue weighted by atomic mass is 10.2. The summed E-state index contributed by atoms with van der Waals surface area (Å²) in [7, 11) is 0. The van der Waals surface area contributed by atoms with E-state index in [-0.39, 0.29) is 16.5 Å². The Bertz CT molecular complexity index is 830. The molecule has 3 rings (SSSR count). The zero-order valence-corrected chi connectivity index (χ0v) is 10.3. The number of rotatable bonds is 1. The molecule has 0 aliphatic carbocycles. The molecule has 0 spiro atoms.